The molecule has 17 heavy (non-hydrogen) atoms. The van der Waals surface area contributed by atoms with Gasteiger partial charge in [0.25, 0.3) is 0 Å². The molecule has 0 amide bonds. The van der Waals surface area contributed by atoms with E-state index >= 15 is 0 Å². The molecule has 0 bridgehead atoms. The summed E-state index contributed by atoms with van der Waals surface area (Å²) in [7, 11) is 0. The first-order valence-corrected chi connectivity index (χ1v) is 5.83. The molecule has 0 atom stereocenters. The fourth-order valence-electron chi connectivity index (χ4n) is 1.50. The highest BCUT2D eigenvalue weighted by Crippen LogP contribution is 2.19. The summed E-state index contributed by atoms with van der Waals surface area (Å²) in [6, 6.07) is 5.97. The van der Waals surface area contributed by atoms with Crippen molar-refractivity contribution in [2.75, 3.05) is 0 Å². The van der Waals surface area contributed by atoms with Crippen molar-refractivity contribution in [3.05, 3.63) is 43.2 Å². The number of rotatable bonds is 3. The third-order valence-corrected chi connectivity index (χ3v) is 2.49. The Hall–Kier alpha value is -1.64. The van der Waals surface area contributed by atoms with Crippen LogP contribution in [0, 0.1) is 11.8 Å². The van der Waals surface area contributed by atoms with E-state index in [4.69, 9.17) is 0 Å². The molecule has 0 aliphatic carbocycles. The molecule has 0 unspecified atom stereocenters. The molecular weight excluding hydrogens is 210 g/mol. The highest BCUT2D eigenvalue weighted by Gasteiger charge is 2.11. The van der Waals surface area contributed by atoms with Crippen molar-refractivity contribution in [3.8, 4) is 11.3 Å². The van der Waals surface area contributed by atoms with E-state index in [2.05, 4.69) is 37.3 Å². The number of nitrogens with zero attached hydrogens (tertiary/aromatic N) is 3. The van der Waals surface area contributed by atoms with E-state index in [1.54, 1.807) is 6.20 Å². The summed E-state index contributed by atoms with van der Waals surface area (Å²) in [5, 5.41) is 4.53. The van der Waals surface area contributed by atoms with Crippen molar-refractivity contribution in [1.82, 2.24) is 14.8 Å². The molecule has 0 fully saturated rings. The molecule has 89 valence electrons. The second kappa shape index (κ2) is 4.70. The minimum atomic E-state index is 0.223. The normalized spacial score (nSPS) is 11.7. The molecule has 2 heterocycles. The van der Waals surface area contributed by atoms with Crippen molar-refractivity contribution < 1.29 is 0 Å². The zero-order chi connectivity index (χ0) is 12.3. The van der Waals surface area contributed by atoms with Crippen LogP contribution in [0.15, 0.2) is 36.8 Å². The lowest BCUT2D eigenvalue weighted by Crippen LogP contribution is -2.11. The van der Waals surface area contributed by atoms with Crippen LogP contribution in [0.25, 0.3) is 11.3 Å². The van der Waals surface area contributed by atoms with Crippen molar-refractivity contribution in [1.29, 1.82) is 0 Å². The lowest BCUT2D eigenvalue weighted by atomic mass is 9.92. The van der Waals surface area contributed by atoms with E-state index in [9.17, 15) is 0 Å². The summed E-state index contributed by atoms with van der Waals surface area (Å²) >= 11 is 0. The minimum Gasteiger partial charge on any atom is -0.272 e. The van der Waals surface area contributed by atoms with E-state index in [-0.39, 0.29) is 5.41 Å². The maximum absolute atomic E-state index is 4.53. The summed E-state index contributed by atoms with van der Waals surface area (Å²) in [5.41, 5.74) is 2.25. The topological polar surface area (TPSA) is 30.7 Å². The molecular formula is C14H18N3. The van der Waals surface area contributed by atoms with Crippen LogP contribution in [0.4, 0.5) is 0 Å². The van der Waals surface area contributed by atoms with Gasteiger partial charge in [0.1, 0.15) is 0 Å². The van der Waals surface area contributed by atoms with Gasteiger partial charge in [0, 0.05) is 30.7 Å². The molecule has 3 heteroatoms. The number of hydrogen-bond donors (Lipinski definition) is 0. The van der Waals surface area contributed by atoms with E-state index in [1.165, 1.54) is 0 Å². The van der Waals surface area contributed by atoms with E-state index in [0.29, 0.717) is 0 Å². The number of aromatic nitrogens is 3. The quantitative estimate of drug-likeness (QED) is 0.807. The molecule has 2 rings (SSSR count). The summed E-state index contributed by atoms with van der Waals surface area (Å²) in [6.07, 6.45) is 7.87. The Kier molecular flexibility index (Phi) is 3.27. The molecule has 0 saturated heterocycles. The Morgan fingerprint density at radius 2 is 2.12 bits per heavy atom. The van der Waals surface area contributed by atoms with E-state index in [0.717, 1.165) is 17.8 Å². The lowest BCUT2D eigenvalue weighted by molar-refractivity contribution is 0.449. The van der Waals surface area contributed by atoms with Gasteiger partial charge >= 0.3 is 0 Å². The monoisotopic (exact) mass is 228 g/mol. The molecule has 0 aliphatic heterocycles. The number of hydrogen-bond acceptors (Lipinski definition) is 2. The van der Waals surface area contributed by atoms with Crippen LogP contribution in [0.2, 0.25) is 0 Å². The molecule has 3 nitrogen and oxygen atoms in total. The molecule has 0 aromatic carbocycles. The average molecular weight is 228 g/mol. The molecule has 0 spiro atoms. The molecule has 1 radical (unpaired) electrons. The Bertz CT molecular complexity index is 466. The maximum Gasteiger partial charge on any atom is 0.0938 e. The third-order valence-electron chi connectivity index (χ3n) is 2.49. The van der Waals surface area contributed by atoms with Crippen molar-refractivity contribution in [3.63, 3.8) is 0 Å². The first-order chi connectivity index (χ1) is 8.04. The van der Waals surface area contributed by atoms with Gasteiger partial charge in [0.15, 0.2) is 0 Å². The molecule has 0 saturated carbocycles. The van der Waals surface area contributed by atoms with Crippen LogP contribution in [0.5, 0.6) is 0 Å². The largest absolute Gasteiger partial charge is 0.272 e. The summed E-state index contributed by atoms with van der Waals surface area (Å²) in [5.74, 6) is 0. The van der Waals surface area contributed by atoms with Gasteiger partial charge in [-0.3, -0.25) is 9.67 Å². The minimum absolute atomic E-state index is 0.223. The standard InChI is InChI=1S/C14H18N3/c1-14(2,3)7-10-17-9-6-13(16-17)12-5-4-8-15-11-12/h4-9,11H,10H2,1-3H3. The molecule has 2 aromatic rings. The smallest absolute Gasteiger partial charge is 0.0938 e. The predicted molar refractivity (Wildman–Crippen MR) is 69.2 cm³/mol. The first kappa shape index (κ1) is 11.8. The van der Waals surface area contributed by atoms with E-state index < -0.39 is 0 Å². The fourth-order valence-corrected chi connectivity index (χ4v) is 1.50. The fraction of sp³-hybridized carbons (Fsp3) is 0.357. The van der Waals surface area contributed by atoms with Crippen LogP contribution in [0.1, 0.15) is 20.8 Å². The predicted octanol–water partition coefficient (Wildman–Crippen LogP) is 3.20. The van der Waals surface area contributed by atoms with Crippen molar-refractivity contribution >= 4 is 0 Å². The second-order valence-electron chi connectivity index (χ2n) is 5.23. The highest BCUT2D eigenvalue weighted by molar-refractivity contribution is 5.56. The average Bonchev–Trinajstić information content (AvgIpc) is 2.75. The SMILES string of the molecule is CC(C)(C)[CH]Cn1ccc(-c2cccnc2)n1. The van der Waals surface area contributed by atoms with Gasteiger partial charge in [0.05, 0.1) is 5.69 Å². The Morgan fingerprint density at radius 1 is 1.29 bits per heavy atom. The Labute approximate surface area is 103 Å². The van der Waals surface area contributed by atoms with Gasteiger partial charge in [-0.1, -0.05) is 20.8 Å². The maximum atomic E-state index is 4.53. The van der Waals surface area contributed by atoms with Gasteiger partial charge in [-0.15, -0.1) is 0 Å². The third kappa shape index (κ3) is 3.41. The Morgan fingerprint density at radius 3 is 2.76 bits per heavy atom. The lowest BCUT2D eigenvalue weighted by Gasteiger charge is -2.16. The van der Waals surface area contributed by atoms with Crippen LogP contribution in [0.3, 0.4) is 0 Å². The van der Waals surface area contributed by atoms with Crippen molar-refractivity contribution in [2.45, 2.75) is 27.3 Å². The highest BCUT2D eigenvalue weighted by atomic mass is 15.3. The second-order valence-corrected chi connectivity index (χ2v) is 5.23. The zero-order valence-corrected chi connectivity index (χ0v) is 10.6. The van der Waals surface area contributed by atoms with Gasteiger partial charge in [-0.05, 0) is 30.0 Å². The number of pyridine rings is 1. The van der Waals surface area contributed by atoms with Crippen LogP contribution < -0.4 is 0 Å². The summed E-state index contributed by atoms with van der Waals surface area (Å²) < 4.78 is 1.95. The summed E-state index contributed by atoms with van der Waals surface area (Å²) in [6.45, 7) is 7.42. The van der Waals surface area contributed by atoms with Crippen LogP contribution in [-0.4, -0.2) is 14.8 Å². The van der Waals surface area contributed by atoms with Gasteiger partial charge < -0.3 is 0 Å². The van der Waals surface area contributed by atoms with Gasteiger partial charge in [-0.2, -0.15) is 5.10 Å². The molecule has 0 N–H and O–H groups in total. The van der Waals surface area contributed by atoms with Crippen LogP contribution in [-0.2, 0) is 6.54 Å². The summed E-state index contributed by atoms with van der Waals surface area (Å²) in [4.78, 5) is 4.10. The van der Waals surface area contributed by atoms with Crippen molar-refractivity contribution in [2.24, 2.45) is 5.41 Å². The van der Waals surface area contributed by atoms with Gasteiger partial charge in [-0.25, -0.2) is 0 Å². The Balaban J connectivity index is 2.07. The van der Waals surface area contributed by atoms with Gasteiger partial charge in [0.2, 0.25) is 0 Å². The van der Waals surface area contributed by atoms with Crippen LogP contribution >= 0.6 is 0 Å². The first-order valence-electron chi connectivity index (χ1n) is 5.83. The van der Waals surface area contributed by atoms with E-state index in [1.807, 2.05) is 35.3 Å². The zero-order valence-electron chi connectivity index (χ0n) is 10.6. The molecule has 2 aromatic heterocycles. The molecule has 0 aliphatic rings.